The van der Waals surface area contributed by atoms with E-state index >= 15 is 0 Å². The Balaban J connectivity index is 1.83. The van der Waals surface area contributed by atoms with E-state index in [9.17, 15) is 0 Å². The Bertz CT molecular complexity index is 695. The molecule has 1 N–H and O–H groups in total. The number of pyridine rings is 1. The zero-order valence-electron chi connectivity index (χ0n) is 14.9. The number of hydrogen-bond donors (Lipinski definition) is 1. The largest absolute Gasteiger partial charge is 0.384 e. The molecule has 3 rings (SSSR count). The molecule has 1 aromatic heterocycles. The van der Waals surface area contributed by atoms with E-state index in [0.29, 0.717) is 0 Å². The van der Waals surface area contributed by atoms with Crippen molar-refractivity contribution in [3.8, 4) is 0 Å². The highest BCUT2D eigenvalue weighted by Gasteiger charge is 2.18. The van der Waals surface area contributed by atoms with Gasteiger partial charge in [-0.1, -0.05) is 25.4 Å². The van der Waals surface area contributed by atoms with Crippen LogP contribution in [0.15, 0.2) is 18.2 Å². The summed E-state index contributed by atoms with van der Waals surface area (Å²) in [4.78, 5) is 7.36. The second kappa shape index (κ2) is 8.17. The lowest BCUT2D eigenvalue weighted by molar-refractivity contribution is 0.303. The summed E-state index contributed by atoms with van der Waals surface area (Å²) in [6.45, 7) is 8.84. The van der Waals surface area contributed by atoms with Crippen molar-refractivity contribution in [2.45, 2.75) is 46.0 Å². The van der Waals surface area contributed by atoms with Crippen molar-refractivity contribution >= 4 is 28.2 Å². The van der Waals surface area contributed by atoms with Gasteiger partial charge in [0.25, 0.3) is 0 Å². The van der Waals surface area contributed by atoms with Crippen LogP contribution in [-0.2, 0) is 12.8 Å². The Morgan fingerprint density at radius 3 is 2.75 bits per heavy atom. The molecule has 130 valence electrons. The lowest BCUT2D eigenvalue weighted by Crippen LogP contribution is -2.25. The third-order valence-electron chi connectivity index (χ3n) is 5.07. The summed E-state index contributed by atoms with van der Waals surface area (Å²) in [6.07, 6.45) is 5.89. The van der Waals surface area contributed by atoms with E-state index in [1.807, 2.05) is 12.1 Å². The van der Waals surface area contributed by atoms with Gasteiger partial charge in [0, 0.05) is 28.3 Å². The predicted octanol–water partition coefficient (Wildman–Crippen LogP) is 4.91. The highest BCUT2D eigenvalue weighted by atomic mass is 35.5. The quantitative estimate of drug-likeness (QED) is 0.722. The van der Waals surface area contributed by atoms with Crippen LogP contribution in [0, 0.1) is 0 Å². The molecule has 3 nitrogen and oxygen atoms in total. The molecule has 0 unspecified atom stereocenters. The van der Waals surface area contributed by atoms with Crippen LogP contribution in [0.4, 0.5) is 5.69 Å². The van der Waals surface area contributed by atoms with Crippen LogP contribution >= 0.6 is 11.6 Å². The van der Waals surface area contributed by atoms with Gasteiger partial charge in [0.1, 0.15) is 0 Å². The second-order valence-electron chi connectivity index (χ2n) is 6.59. The Hall–Kier alpha value is -1.32. The summed E-state index contributed by atoms with van der Waals surface area (Å²) in [5, 5.41) is 5.68. The Kier molecular flexibility index (Phi) is 5.96. The van der Waals surface area contributed by atoms with Gasteiger partial charge in [-0.25, -0.2) is 0 Å². The number of anilines is 1. The number of aryl methyl sites for hydroxylation is 1. The number of benzene rings is 1. The van der Waals surface area contributed by atoms with Crippen LogP contribution in [0.25, 0.3) is 10.9 Å². The maximum atomic E-state index is 6.25. The predicted molar refractivity (Wildman–Crippen MR) is 104 cm³/mol. The topological polar surface area (TPSA) is 28.2 Å². The van der Waals surface area contributed by atoms with Gasteiger partial charge in [0.05, 0.1) is 5.52 Å². The van der Waals surface area contributed by atoms with Gasteiger partial charge in [-0.05, 0) is 75.5 Å². The molecule has 1 aliphatic rings. The Morgan fingerprint density at radius 2 is 1.96 bits per heavy atom. The molecular formula is C20H28ClN3. The van der Waals surface area contributed by atoms with E-state index in [4.69, 9.17) is 16.6 Å². The normalized spacial score (nSPS) is 14.2. The summed E-state index contributed by atoms with van der Waals surface area (Å²) in [7, 11) is 0. The average molecular weight is 346 g/mol. The van der Waals surface area contributed by atoms with Gasteiger partial charge in [0.15, 0.2) is 0 Å². The molecule has 0 aliphatic heterocycles. The van der Waals surface area contributed by atoms with E-state index in [-0.39, 0.29) is 0 Å². The van der Waals surface area contributed by atoms with Crippen molar-refractivity contribution in [1.29, 1.82) is 0 Å². The zero-order valence-corrected chi connectivity index (χ0v) is 15.6. The van der Waals surface area contributed by atoms with Crippen LogP contribution in [0.2, 0.25) is 5.02 Å². The van der Waals surface area contributed by atoms with E-state index in [1.54, 1.807) is 0 Å². The summed E-state index contributed by atoms with van der Waals surface area (Å²) in [5.41, 5.74) is 5.03. The fourth-order valence-electron chi connectivity index (χ4n) is 3.65. The molecule has 1 aliphatic carbocycles. The number of halogens is 1. The van der Waals surface area contributed by atoms with Crippen molar-refractivity contribution in [2.24, 2.45) is 0 Å². The van der Waals surface area contributed by atoms with Gasteiger partial charge in [-0.15, -0.1) is 0 Å². The zero-order chi connectivity index (χ0) is 16.9. The van der Waals surface area contributed by atoms with E-state index in [0.717, 1.165) is 56.0 Å². The number of aromatic nitrogens is 1. The number of nitrogens with one attached hydrogen (secondary N) is 1. The first-order chi connectivity index (χ1) is 11.7. The van der Waals surface area contributed by atoms with Crippen LogP contribution in [0.1, 0.15) is 44.4 Å². The molecular weight excluding hydrogens is 318 g/mol. The first-order valence-electron chi connectivity index (χ1n) is 9.30. The molecule has 0 amide bonds. The summed E-state index contributed by atoms with van der Waals surface area (Å²) in [6, 6.07) is 6.05. The Morgan fingerprint density at radius 1 is 1.17 bits per heavy atom. The molecule has 0 spiro atoms. The summed E-state index contributed by atoms with van der Waals surface area (Å²) >= 11 is 6.25. The van der Waals surface area contributed by atoms with Crippen LogP contribution in [0.5, 0.6) is 0 Å². The van der Waals surface area contributed by atoms with E-state index < -0.39 is 0 Å². The first-order valence-corrected chi connectivity index (χ1v) is 9.68. The van der Waals surface area contributed by atoms with Gasteiger partial charge in [-0.3, -0.25) is 4.98 Å². The minimum atomic E-state index is 0.784. The van der Waals surface area contributed by atoms with E-state index in [1.165, 1.54) is 35.2 Å². The van der Waals surface area contributed by atoms with Gasteiger partial charge in [0.2, 0.25) is 0 Å². The van der Waals surface area contributed by atoms with Crippen molar-refractivity contribution in [3.05, 3.63) is 34.5 Å². The molecule has 0 fully saturated rings. The highest BCUT2D eigenvalue weighted by molar-refractivity contribution is 6.31. The molecule has 0 saturated carbocycles. The Labute approximate surface area is 150 Å². The van der Waals surface area contributed by atoms with Crippen LogP contribution in [0.3, 0.4) is 0 Å². The molecule has 1 aromatic carbocycles. The molecule has 0 atom stereocenters. The van der Waals surface area contributed by atoms with Crippen LogP contribution in [-0.4, -0.2) is 36.1 Å². The first kappa shape index (κ1) is 17.5. The van der Waals surface area contributed by atoms with Crippen LogP contribution < -0.4 is 5.32 Å². The van der Waals surface area contributed by atoms with Crippen molar-refractivity contribution in [2.75, 3.05) is 31.5 Å². The molecule has 0 bridgehead atoms. The third-order valence-corrected chi connectivity index (χ3v) is 5.31. The lowest BCUT2D eigenvalue weighted by atomic mass is 9.92. The maximum absolute atomic E-state index is 6.25. The fraction of sp³-hybridized carbons (Fsp3) is 0.550. The van der Waals surface area contributed by atoms with Crippen molar-refractivity contribution in [3.63, 3.8) is 0 Å². The minimum Gasteiger partial charge on any atom is -0.384 e. The SMILES string of the molecule is CCN(CC)CCCNc1c2c(nc3ccc(Cl)cc13)CCCC2. The number of hydrogen-bond acceptors (Lipinski definition) is 3. The molecule has 1 heterocycles. The molecule has 2 aromatic rings. The van der Waals surface area contributed by atoms with Crippen molar-refractivity contribution < 1.29 is 0 Å². The number of fused-ring (bicyclic) bond motifs is 2. The molecule has 4 heteroatoms. The lowest BCUT2D eigenvalue weighted by Gasteiger charge is -2.23. The second-order valence-corrected chi connectivity index (χ2v) is 7.02. The molecule has 0 radical (unpaired) electrons. The molecule has 0 saturated heterocycles. The third kappa shape index (κ3) is 3.84. The smallest absolute Gasteiger partial charge is 0.0727 e. The van der Waals surface area contributed by atoms with E-state index in [2.05, 4.69) is 30.1 Å². The number of rotatable bonds is 7. The monoisotopic (exact) mass is 345 g/mol. The fourth-order valence-corrected chi connectivity index (χ4v) is 3.83. The maximum Gasteiger partial charge on any atom is 0.0727 e. The summed E-state index contributed by atoms with van der Waals surface area (Å²) < 4.78 is 0. The standard InChI is InChI=1S/C20H28ClN3/c1-3-24(4-2)13-7-12-22-20-16-8-5-6-9-18(16)23-19-11-10-15(21)14-17(19)20/h10-11,14H,3-9,12-13H2,1-2H3,(H,22,23). The average Bonchev–Trinajstić information content (AvgIpc) is 2.61. The minimum absolute atomic E-state index is 0.784. The van der Waals surface area contributed by atoms with Crippen molar-refractivity contribution in [1.82, 2.24) is 9.88 Å². The van der Waals surface area contributed by atoms with Gasteiger partial charge >= 0.3 is 0 Å². The summed E-state index contributed by atoms with van der Waals surface area (Å²) in [5.74, 6) is 0. The van der Waals surface area contributed by atoms with Gasteiger partial charge < -0.3 is 10.2 Å². The molecule has 24 heavy (non-hydrogen) atoms. The highest BCUT2D eigenvalue weighted by Crippen LogP contribution is 2.34. The number of nitrogens with zero attached hydrogens (tertiary/aromatic N) is 2. The van der Waals surface area contributed by atoms with Gasteiger partial charge in [-0.2, -0.15) is 0 Å².